The van der Waals surface area contributed by atoms with E-state index in [4.69, 9.17) is 22.1 Å². The third kappa shape index (κ3) is 3.34. The number of methoxy groups -OCH3 is 1. The van der Waals surface area contributed by atoms with Crippen LogP contribution in [0.4, 0.5) is 11.4 Å². The first-order chi connectivity index (χ1) is 9.51. The number of nitrogen functional groups attached to an aromatic ring is 1. The van der Waals surface area contributed by atoms with E-state index in [0.29, 0.717) is 27.7 Å². The molecule has 104 valence electrons. The van der Waals surface area contributed by atoms with Crippen molar-refractivity contribution in [2.24, 2.45) is 0 Å². The molecule has 4 nitrogen and oxygen atoms in total. The SMILES string of the molecule is COc1cc(N)ccc1NC(=O)c1cc(Cl)ccc1I. The van der Waals surface area contributed by atoms with Crippen LogP contribution in [0.1, 0.15) is 10.4 Å². The number of nitrogens with two attached hydrogens (primary N) is 1. The van der Waals surface area contributed by atoms with Crippen LogP contribution in [0.3, 0.4) is 0 Å². The minimum absolute atomic E-state index is 0.250. The zero-order valence-electron chi connectivity index (χ0n) is 10.6. The molecule has 0 heterocycles. The summed E-state index contributed by atoms with van der Waals surface area (Å²) in [5.74, 6) is 0.260. The Hall–Kier alpha value is -1.47. The van der Waals surface area contributed by atoms with Crippen molar-refractivity contribution in [2.75, 3.05) is 18.2 Å². The Labute approximate surface area is 135 Å². The number of nitrogens with one attached hydrogen (secondary N) is 1. The van der Waals surface area contributed by atoms with Gasteiger partial charge in [-0.1, -0.05) is 11.6 Å². The minimum Gasteiger partial charge on any atom is -0.494 e. The van der Waals surface area contributed by atoms with Crippen LogP contribution in [0, 0.1) is 3.57 Å². The molecule has 0 saturated carbocycles. The van der Waals surface area contributed by atoms with Crippen molar-refractivity contribution in [2.45, 2.75) is 0 Å². The van der Waals surface area contributed by atoms with E-state index < -0.39 is 0 Å². The maximum Gasteiger partial charge on any atom is 0.256 e. The molecule has 2 aromatic rings. The largest absolute Gasteiger partial charge is 0.494 e. The number of rotatable bonds is 3. The molecule has 0 bridgehead atoms. The molecular formula is C14H12ClIN2O2. The summed E-state index contributed by atoms with van der Waals surface area (Å²) in [6, 6.07) is 10.2. The Morgan fingerprint density at radius 1 is 1.30 bits per heavy atom. The fourth-order valence-corrected chi connectivity index (χ4v) is 2.42. The third-order valence-corrected chi connectivity index (χ3v) is 3.82. The highest BCUT2D eigenvalue weighted by atomic mass is 127. The normalized spacial score (nSPS) is 10.2. The lowest BCUT2D eigenvalue weighted by molar-refractivity contribution is 0.102. The van der Waals surface area contributed by atoms with Gasteiger partial charge in [0.1, 0.15) is 5.75 Å². The Kier molecular flexibility index (Phi) is 4.72. The van der Waals surface area contributed by atoms with Crippen LogP contribution < -0.4 is 15.8 Å². The smallest absolute Gasteiger partial charge is 0.256 e. The highest BCUT2D eigenvalue weighted by molar-refractivity contribution is 14.1. The van der Waals surface area contributed by atoms with Gasteiger partial charge in [-0.3, -0.25) is 4.79 Å². The summed E-state index contributed by atoms with van der Waals surface area (Å²) in [4.78, 5) is 12.3. The first-order valence-corrected chi connectivity index (χ1v) is 7.17. The molecule has 0 aliphatic heterocycles. The van der Waals surface area contributed by atoms with E-state index in [1.165, 1.54) is 7.11 Å². The lowest BCUT2D eigenvalue weighted by atomic mass is 10.2. The predicted molar refractivity (Wildman–Crippen MR) is 89.5 cm³/mol. The van der Waals surface area contributed by atoms with Gasteiger partial charge >= 0.3 is 0 Å². The monoisotopic (exact) mass is 402 g/mol. The van der Waals surface area contributed by atoms with Crippen molar-refractivity contribution in [3.63, 3.8) is 0 Å². The van der Waals surface area contributed by atoms with Gasteiger partial charge in [-0.15, -0.1) is 0 Å². The number of anilines is 2. The summed E-state index contributed by atoms with van der Waals surface area (Å²) in [6.45, 7) is 0. The Morgan fingerprint density at radius 2 is 2.05 bits per heavy atom. The second kappa shape index (κ2) is 6.32. The summed E-state index contributed by atoms with van der Waals surface area (Å²) in [5, 5.41) is 3.30. The van der Waals surface area contributed by atoms with E-state index in [1.54, 1.807) is 36.4 Å². The average Bonchev–Trinajstić information content (AvgIpc) is 2.43. The zero-order chi connectivity index (χ0) is 14.7. The molecule has 0 unspecified atom stereocenters. The van der Waals surface area contributed by atoms with Crippen molar-refractivity contribution in [1.82, 2.24) is 0 Å². The van der Waals surface area contributed by atoms with Crippen LogP contribution in [0.2, 0.25) is 5.02 Å². The van der Waals surface area contributed by atoms with Gasteiger partial charge in [0.15, 0.2) is 0 Å². The number of ether oxygens (including phenoxy) is 1. The van der Waals surface area contributed by atoms with E-state index in [-0.39, 0.29) is 5.91 Å². The van der Waals surface area contributed by atoms with Gasteiger partial charge in [-0.2, -0.15) is 0 Å². The first-order valence-electron chi connectivity index (χ1n) is 5.71. The van der Waals surface area contributed by atoms with Crippen molar-refractivity contribution in [3.8, 4) is 5.75 Å². The van der Waals surface area contributed by atoms with Gasteiger partial charge in [-0.05, 0) is 52.9 Å². The number of halogens is 2. The van der Waals surface area contributed by atoms with Gasteiger partial charge in [-0.25, -0.2) is 0 Å². The van der Waals surface area contributed by atoms with E-state index in [2.05, 4.69) is 27.9 Å². The molecule has 0 aliphatic carbocycles. The fourth-order valence-electron chi connectivity index (χ4n) is 1.67. The quantitative estimate of drug-likeness (QED) is 0.606. The van der Waals surface area contributed by atoms with Crippen molar-refractivity contribution >= 4 is 51.5 Å². The van der Waals surface area contributed by atoms with Crippen LogP contribution in [0.5, 0.6) is 5.75 Å². The third-order valence-electron chi connectivity index (χ3n) is 2.65. The lowest BCUT2D eigenvalue weighted by Crippen LogP contribution is -2.14. The molecule has 0 fully saturated rings. The molecule has 0 atom stereocenters. The molecule has 0 saturated heterocycles. The molecule has 20 heavy (non-hydrogen) atoms. The van der Waals surface area contributed by atoms with E-state index >= 15 is 0 Å². The summed E-state index contributed by atoms with van der Waals surface area (Å²) >= 11 is 8.01. The van der Waals surface area contributed by atoms with Crippen LogP contribution in [-0.2, 0) is 0 Å². The Morgan fingerprint density at radius 3 is 2.75 bits per heavy atom. The Bertz CT molecular complexity index is 662. The second-order valence-corrected chi connectivity index (χ2v) is 5.64. The molecule has 1 amide bonds. The number of benzene rings is 2. The van der Waals surface area contributed by atoms with E-state index in [9.17, 15) is 4.79 Å². The van der Waals surface area contributed by atoms with Crippen LogP contribution >= 0.6 is 34.2 Å². The van der Waals surface area contributed by atoms with Gasteiger partial charge in [0.2, 0.25) is 0 Å². The number of carbonyl (C=O) groups is 1. The van der Waals surface area contributed by atoms with Crippen molar-refractivity contribution in [1.29, 1.82) is 0 Å². The molecule has 3 N–H and O–H groups in total. The highest BCUT2D eigenvalue weighted by Crippen LogP contribution is 2.28. The van der Waals surface area contributed by atoms with Gasteiger partial charge in [0.05, 0.1) is 18.4 Å². The standard InChI is InChI=1S/C14H12ClIN2O2/c1-20-13-7-9(17)3-5-12(13)18-14(19)10-6-8(15)2-4-11(10)16/h2-7H,17H2,1H3,(H,18,19). The van der Waals surface area contributed by atoms with Crippen LogP contribution in [-0.4, -0.2) is 13.0 Å². The maximum atomic E-state index is 12.3. The molecular weight excluding hydrogens is 391 g/mol. The van der Waals surface area contributed by atoms with Gasteiger partial charge in [0, 0.05) is 20.3 Å². The molecule has 2 rings (SSSR count). The molecule has 6 heteroatoms. The maximum absolute atomic E-state index is 12.3. The molecule has 2 aromatic carbocycles. The van der Waals surface area contributed by atoms with Gasteiger partial charge < -0.3 is 15.8 Å². The number of carbonyl (C=O) groups excluding carboxylic acids is 1. The highest BCUT2D eigenvalue weighted by Gasteiger charge is 2.13. The number of hydrogen-bond acceptors (Lipinski definition) is 3. The second-order valence-electron chi connectivity index (χ2n) is 4.04. The van der Waals surface area contributed by atoms with Gasteiger partial charge in [0.25, 0.3) is 5.91 Å². The number of amides is 1. The predicted octanol–water partition coefficient (Wildman–Crippen LogP) is 3.79. The minimum atomic E-state index is -0.250. The van der Waals surface area contributed by atoms with Crippen molar-refractivity contribution < 1.29 is 9.53 Å². The summed E-state index contributed by atoms with van der Waals surface area (Å²) in [5.41, 5.74) is 7.31. The summed E-state index contributed by atoms with van der Waals surface area (Å²) in [7, 11) is 1.52. The zero-order valence-corrected chi connectivity index (χ0v) is 13.5. The fraction of sp³-hybridized carbons (Fsp3) is 0.0714. The molecule has 0 aliphatic rings. The molecule has 0 aromatic heterocycles. The lowest BCUT2D eigenvalue weighted by Gasteiger charge is -2.11. The first kappa shape index (κ1) is 14.9. The van der Waals surface area contributed by atoms with E-state index in [0.717, 1.165) is 3.57 Å². The Balaban J connectivity index is 2.30. The molecule has 0 radical (unpaired) electrons. The van der Waals surface area contributed by atoms with Crippen LogP contribution in [0.15, 0.2) is 36.4 Å². The summed E-state index contributed by atoms with van der Waals surface area (Å²) < 4.78 is 6.01. The average molecular weight is 403 g/mol. The van der Waals surface area contributed by atoms with Crippen LogP contribution in [0.25, 0.3) is 0 Å². The summed E-state index contributed by atoms with van der Waals surface area (Å²) in [6.07, 6.45) is 0. The topological polar surface area (TPSA) is 64.3 Å². The van der Waals surface area contributed by atoms with E-state index in [1.807, 2.05) is 0 Å². The number of hydrogen-bond donors (Lipinski definition) is 2. The van der Waals surface area contributed by atoms with Crippen molar-refractivity contribution in [3.05, 3.63) is 50.6 Å². The molecule has 0 spiro atoms.